The number of benzene rings is 1. The van der Waals surface area contributed by atoms with Crippen LogP contribution >= 0.6 is 0 Å². The van der Waals surface area contributed by atoms with E-state index in [1.54, 1.807) is 60.6 Å². The molecule has 1 aromatic heterocycles. The van der Waals surface area contributed by atoms with Gasteiger partial charge in [-0.25, -0.2) is 8.42 Å². The Kier molecular flexibility index (Phi) is 5.56. The molecule has 1 aromatic carbocycles. The lowest BCUT2D eigenvalue weighted by atomic mass is 10.2. The Balaban J connectivity index is 1.64. The lowest BCUT2D eigenvalue weighted by Crippen LogP contribution is -2.47. The van der Waals surface area contributed by atoms with Crippen molar-refractivity contribution >= 4 is 15.9 Å². The van der Waals surface area contributed by atoms with Gasteiger partial charge in [0.05, 0.1) is 17.6 Å². The molecule has 1 amide bonds. The fourth-order valence-corrected chi connectivity index (χ4v) is 5.93. The van der Waals surface area contributed by atoms with E-state index in [9.17, 15) is 13.2 Å². The van der Waals surface area contributed by atoms with Gasteiger partial charge in [-0.3, -0.25) is 9.78 Å². The van der Waals surface area contributed by atoms with Crippen molar-refractivity contribution in [2.45, 2.75) is 43.2 Å². The average Bonchev–Trinajstić information content (AvgIpc) is 3.39. The molecule has 2 unspecified atom stereocenters. The summed E-state index contributed by atoms with van der Waals surface area (Å²) in [5.74, 6) is 0.442. The maximum atomic E-state index is 13.5. The summed E-state index contributed by atoms with van der Waals surface area (Å²) in [4.78, 5) is 19.2. The van der Waals surface area contributed by atoms with Crippen molar-refractivity contribution in [1.29, 1.82) is 0 Å². The van der Waals surface area contributed by atoms with Crippen molar-refractivity contribution in [3.05, 3.63) is 54.4 Å². The number of aryl methyl sites for hydroxylation is 1. The van der Waals surface area contributed by atoms with E-state index in [2.05, 4.69) is 4.98 Å². The second kappa shape index (κ2) is 8.12. The summed E-state index contributed by atoms with van der Waals surface area (Å²) in [5.41, 5.74) is 0.663. The number of rotatable bonds is 5. The Morgan fingerprint density at radius 2 is 1.90 bits per heavy atom. The van der Waals surface area contributed by atoms with Crippen LogP contribution in [-0.4, -0.2) is 60.3 Å². The number of sulfonamides is 1. The first-order valence-electron chi connectivity index (χ1n) is 9.90. The van der Waals surface area contributed by atoms with Crippen molar-refractivity contribution in [2.75, 3.05) is 19.6 Å². The molecule has 29 heavy (non-hydrogen) atoms. The highest BCUT2D eigenvalue weighted by Crippen LogP contribution is 2.31. The van der Waals surface area contributed by atoms with Crippen LogP contribution in [0, 0.1) is 6.92 Å². The van der Waals surface area contributed by atoms with Gasteiger partial charge in [-0.15, -0.1) is 0 Å². The van der Waals surface area contributed by atoms with Crippen LogP contribution in [0.5, 0.6) is 5.75 Å². The Morgan fingerprint density at radius 1 is 1.14 bits per heavy atom. The molecule has 0 bridgehead atoms. The molecule has 7 nitrogen and oxygen atoms in total. The minimum atomic E-state index is -3.83. The first kappa shape index (κ1) is 19.8. The first-order valence-corrected chi connectivity index (χ1v) is 11.3. The standard InChI is InChI=1S/C21H25N3O4S/c1-16-7-2-3-9-20(16)29(26,27)24-15-18(28-17-8-6-10-22-14-17)13-19(24)21(25)23-11-4-5-12-23/h2-3,6-10,14,18-19H,4-5,11-13,15H2,1H3. The second-order valence-electron chi connectivity index (χ2n) is 7.55. The highest BCUT2D eigenvalue weighted by Gasteiger charge is 2.46. The van der Waals surface area contributed by atoms with E-state index in [4.69, 9.17) is 4.74 Å². The highest BCUT2D eigenvalue weighted by atomic mass is 32.2. The molecular formula is C21H25N3O4S. The zero-order chi connectivity index (χ0) is 20.4. The van der Waals surface area contributed by atoms with Crippen LogP contribution in [-0.2, 0) is 14.8 Å². The Morgan fingerprint density at radius 3 is 2.59 bits per heavy atom. The number of nitrogens with zero attached hydrogens (tertiary/aromatic N) is 3. The molecule has 3 heterocycles. The van der Waals surface area contributed by atoms with Crippen molar-refractivity contribution < 1.29 is 17.9 Å². The van der Waals surface area contributed by atoms with Crippen molar-refractivity contribution in [1.82, 2.24) is 14.2 Å². The molecule has 2 aliphatic heterocycles. The van der Waals surface area contributed by atoms with Gasteiger partial charge in [-0.05, 0) is 43.5 Å². The van der Waals surface area contributed by atoms with Crippen LogP contribution in [0.3, 0.4) is 0 Å². The third-order valence-electron chi connectivity index (χ3n) is 5.54. The Labute approximate surface area is 171 Å². The summed E-state index contributed by atoms with van der Waals surface area (Å²) in [6.45, 7) is 3.27. The number of hydrogen-bond acceptors (Lipinski definition) is 5. The van der Waals surface area contributed by atoms with Crippen molar-refractivity contribution in [3.8, 4) is 5.75 Å². The number of hydrogen-bond donors (Lipinski definition) is 0. The van der Waals surface area contributed by atoms with Gasteiger partial charge < -0.3 is 9.64 Å². The minimum Gasteiger partial charge on any atom is -0.487 e. The van der Waals surface area contributed by atoms with E-state index in [1.807, 2.05) is 0 Å². The summed E-state index contributed by atoms with van der Waals surface area (Å²) < 4.78 is 34.2. The molecule has 0 aliphatic carbocycles. The normalized spacial score (nSPS) is 22.7. The van der Waals surface area contributed by atoms with E-state index in [0.29, 0.717) is 30.8 Å². The molecule has 2 atom stereocenters. The monoisotopic (exact) mass is 415 g/mol. The van der Waals surface area contributed by atoms with E-state index in [-0.39, 0.29) is 17.3 Å². The summed E-state index contributed by atoms with van der Waals surface area (Å²) in [6.07, 6.45) is 5.08. The van der Waals surface area contributed by atoms with E-state index < -0.39 is 22.2 Å². The molecule has 0 radical (unpaired) electrons. The lowest BCUT2D eigenvalue weighted by molar-refractivity contribution is -0.133. The van der Waals surface area contributed by atoms with Gasteiger partial charge in [-0.2, -0.15) is 4.31 Å². The number of ether oxygens (including phenoxy) is 1. The van der Waals surface area contributed by atoms with Gasteiger partial charge in [0.2, 0.25) is 15.9 Å². The fourth-order valence-electron chi connectivity index (χ4n) is 4.07. The van der Waals surface area contributed by atoms with Crippen LogP contribution in [0.1, 0.15) is 24.8 Å². The maximum absolute atomic E-state index is 13.5. The predicted molar refractivity (Wildman–Crippen MR) is 108 cm³/mol. The Bertz CT molecular complexity index is 974. The molecule has 0 N–H and O–H groups in total. The van der Waals surface area contributed by atoms with E-state index in [1.165, 1.54) is 4.31 Å². The lowest BCUT2D eigenvalue weighted by Gasteiger charge is -2.27. The SMILES string of the molecule is Cc1ccccc1S(=O)(=O)N1CC(Oc2cccnc2)CC1C(=O)N1CCCC1. The summed E-state index contributed by atoms with van der Waals surface area (Å²) in [7, 11) is -3.83. The molecule has 0 spiro atoms. The molecule has 2 aliphatic rings. The van der Waals surface area contributed by atoms with Crippen molar-refractivity contribution in [2.24, 2.45) is 0 Å². The Hall–Kier alpha value is -2.45. The van der Waals surface area contributed by atoms with Crippen LogP contribution in [0.2, 0.25) is 0 Å². The topological polar surface area (TPSA) is 79.8 Å². The highest BCUT2D eigenvalue weighted by molar-refractivity contribution is 7.89. The quantitative estimate of drug-likeness (QED) is 0.748. The van der Waals surface area contributed by atoms with Gasteiger partial charge >= 0.3 is 0 Å². The number of carbonyl (C=O) groups is 1. The summed E-state index contributed by atoms with van der Waals surface area (Å²) >= 11 is 0. The van der Waals surface area contributed by atoms with Gasteiger partial charge in [-0.1, -0.05) is 18.2 Å². The number of likely N-dealkylation sites (tertiary alicyclic amines) is 1. The van der Waals surface area contributed by atoms with Crippen LogP contribution in [0.25, 0.3) is 0 Å². The van der Waals surface area contributed by atoms with E-state index in [0.717, 1.165) is 12.8 Å². The van der Waals surface area contributed by atoms with Gasteiger partial charge in [0.15, 0.2) is 0 Å². The summed E-state index contributed by atoms with van der Waals surface area (Å²) in [6, 6.07) is 9.67. The van der Waals surface area contributed by atoms with E-state index >= 15 is 0 Å². The molecule has 0 saturated carbocycles. The average molecular weight is 416 g/mol. The molecule has 2 aromatic rings. The third kappa shape index (κ3) is 4.00. The number of aromatic nitrogens is 1. The van der Waals surface area contributed by atoms with Gasteiger partial charge in [0, 0.05) is 25.7 Å². The zero-order valence-electron chi connectivity index (χ0n) is 16.4. The van der Waals surface area contributed by atoms with Gasteiger partial charge in [0.1, 0.15) is 17.9 Å². The molecule has 8 heteroatoms. The number of carbonyl (C=O) groups excluding carboxylic acids is 1. The predicted octanol–water partition coefficient (Wildman–Crippen LogP) is 2.22. The van der Waals surface area contributed by atoms with Crippen LogP contribution < -0.4 is 4.74 Å². The number of pyridine rings is 1. The molecule has 4 rings (SSSR count). The number of amides is 1. The molecule has 2 fully saturated rings. The van der Waals surface area contributed by atoms with Crippen LogP contribution in [0.4, 0.5) is 0 Å². The third-order valence-corrected chi connectivity index (χ3v) is 7.57. The molecule has 2 saturated heterocycles. The molecular weight excluding hydrogens is 390 g/mol. The fraction of sp³-hybridized carbons (Fsp3) is 0.429. The largest absolute Gasteiger partial charge is 0.487 e. The van der Waals surface area contributed by atoms with Crippen LogP contribution in [0.15, 0.2) is 53.7 Å². The first-order chi connectivity index (χ1) is 14.0. The maximum Gasteiger partial charge on any atom is 0.244 e. The summed E-state index contributed by atoms with van der Waals surface area (Å²) in [5, 5.41) is 0. The second-order valence-corrected chi connectivity index (χ2v) is 9.41. The van der Waals surface area contributed by atoms with Crippen molar-refractivity contribution in [3.63, 3.8) is 0 Å². The molecule has 154 valence electrons. The minimum absolute atomic E-state index is 0.128. The zero-order valence-corrected chi connectivity index (χ0v) is 17.2. The smallest absolute Gasteiger partial charge is 0.244 e. The van der Waals surface area contributed by atoms with Gasteiger partial charge in [0.25, 0.3) is 0 Å².